The largest absolute Gasteiger partial charge is 0.481 e. The predicted octanol–water partition coefficient (Wildman–Crippen LogP) is 0.858. The van der Waals surface area contributed by atoms with Gasteiger partial charge in [0.2, 0.25) is 5.91 Å². The van der Waals surface area contributed by atoms with Gasteiger partial charge in [-0.3, -0.25) is 14.5 Å². The van der Waals surface area contributed by atoms with Crippen molar-refractivity contribution in [3.63, 3.8) is 0 Å². The summed E-state index contributed by atoms with van der Waals surface area (Å²) in [6.45, 7) is 6.00. The SMILES string of the molecule is CCN1CCOC(CNC(=O)CC2(C(=O)O)CCCC2)C1. The van der Waals surface area contributed by atoms with Gasteiger partial charge in [0.25, 0.3) is 0 Å². The number of rotatable bonds is 6. The molecule has 1 aliphatic heterocycles. The summed E-state index contributed by atoms with van der Waals surface area (Å²) < 4.78 is 5.63. The van der Waals surface area contributed by atoms with Gasteiger partial charge < -0.3 is 15.2 Å². The second-order valence-electron chi connectivity index (χ2n) is 6.16. The van der Waals surface area contributed by atoms with E-state index >= 15 is 0 Å². The summed E-state index contributed by atoms with van der Waals surface area (Å²) in [7, 11) is 0. The van der Waals surface area contributed by atoms with E-state index in [0.717, 1.165) is 32.5 Å². The van der Waals surface area contributed by atoms with E-state index in [1.807, 2.05) is 0 Å². The number of morpholine rings is 1. The molecule has 2 fully saturated rings. The Labute approximate surface area is 125 Å². The number of ether oxygens (including phenoxy) is 1. The summed E-state index contributed by atoms with van der Waals surface area (Å²) in [5.41, 5.74) is -0.840. The minimum atomic E-state index is -0.840. The summed E-state index contributed by atoms with van der Waals surface area (Å²) in [5.74, 6) is -1.00. The Hall–Kier alpha value is -1.14. The number of hydrogen-bond acceptors (Lipinski definition) is 4. The zero-order valence-electron chi connectivity index (χ0n) is 12.8. The number of hydrogen-bond donors (Lipinski definition) is 2. The molecule has 120 valence electrons. The first kappa shape index (κ1) is 16.2. The van der Waals surface area contributed by atoms with E-state index in [-0.39, 0.29) is 18.4 Å². The molecule has 1 aliphatic carbocycles. The highest BCUT2D eigenvalue weighted by atomic mass is 16.5. The molecule has 0 aromatic rings. The smallest absolute Gasteiger partial charge is 0.310 e. The average molecular weight is 298 g/mol. The van der Waals surface area contributed by atoms with Crippen LogP contribution in [0.3, 0.4) is 0 Å². The number of carbonyl (C=O) groups is 2. The van der Waals surface area contributed by atoms with Gasteiger partial charge in [-0.1, -0.05) is 19.8 Å². The first-order chi connectivity index (χ1) is 10.1. The quantitative estimate of drug-likeness (QED) is 0.760. The molecule has 1 unspecified atom stereocenters. The van der Waals surface area contributed by atoms with Crippen LogP contribution in [0.15, 0.2) is 0 Å². The van der Waals surface area contributed by atoms with E-state index in [4.69, 9.17) is 4.74 Å². The van der Waals surface area contributed by atoms with Crippen molar-refractivity contribution in [3.8, 4) is 0 Å². The van der Waals surface area contributed by atoms with Gasteiger partial charge >= 0.3 is 5.97 Å². The number of likely N-dealkylation sites (N-methyl/N-ethyl adjacent to an activating group) is 1. The van der Waals surface area contributed by atoms with E-state index in [9.17, 15) is 14.7 Å². The maximum absolute atomic E-state index is 12.1. The second kappa shape index (κ2) is 7.22. The molecule has 1 amide bonds. The molecule has 0 aromatic carbocycles. The Balaban J connectivity index is 1.78. The average Bonchev–Trinajstić information content (AvgIpc) is 2.95. The lowest BCUT2D eigenvalue weighted by molar-refractivity contribution is -0.151. The molecular formula is C15H26N2O4. The first-order valence-corrected chi connectivity index (χ1v) is 7.90. The second-order valence-corrected chi connectivity index (χ2v) is 6.16. The molecule has 1 saturated carbocycles. The number of nitrogens with one attached hydrogen (secondary N) is 1. The van der Waals surface area contributed by atoms with E-state index in [1.54, 1.807) is 0 Å². The normalized spacial score (nSPS) is 25.7. The van der Waals surface area contributed by atoms with Crippen LogP contribution in [0.4, 0.5) is 0 Å². The zero-order valence-corrected chi connectivity index (χ0v) is 12.8. The third-order valence-corrected chi connectivity index (χ3v) is 4.71. The highest BCUT2D eigenvalue weighted by molar-refractivity contribution is 5.85. The fourth-order valence-electron chi connectivity index (χ4n) is 3.31. The summed E-state index contributed by atoms with van der Waals surface area (Å²) >= 11 is 0. The highest BCUT2D eigenvalue weighted by Gasteiger charge is 2.43. The summed E-state index contributed by atoms with van der Waals surface area (Å²) in [4.78, 5) is 25.8. The van der Waals surface area contributed by atoms with E-state index in [1.165, 1.54) is 0 Å². The predicted molar refractivity (Wildman–Crippen MR) is 78.0 cm³/mol. The third kappa shape index (κ3) is 4.17. The zero-order chi connectivity index (χ0) is 15.3. The fourth-order valence-corrected chi connectivity index (χ4v) is 3.31. The number of carboxylic acid groups (broad SMARTS) is 1. The van der Waals surface area contributed by atoms with E-state index in [2.05, 4.69) is 17.1 Å². The van der Waals surface area contributed by atoms with Gasteiger partial charge in [0.15, 0.2) is 0 Å². The van der Waals surface area contributed by atoms with Crippen molar-refractivity contribution in [2.45, 2.75) is 45.1 Å². The Morgan fingerprint density at radius 2 is 2.10 bits per heavy atom. The number of amides is 1. The number of nitrogens with zero attached hydrogens (tertiary/aromatic N) is 1. The lowest BCUT2D eigenvalue weighted by atomic mass is 9.82. The molecule has 0 radical (unpaired) electrons. The lowest BCUT2D eigenvalue weighted by Crippen LogP contribution is -2.48. The van der Waals surface area contributed by atoms with Crippen LogP contribution < -0.4 is 5.32 Å². The van der Waals surface area contributed by atoms with Crippen molar-refractivity contribution >= 4 is 11.9 Å². The Kier molecular flexibility index (Phi) is 5.58. The van der Waals surface area contributed by atoms with Crippen LogP contribution in [0, 0.1) is 5.41 Å². The fraction of sp³-hybridized carbons (Fsp3) is 0.867. The number of carboxylic acids is 1. The standard InChI is InChI=1S/C15H26N2O4/c1-2-17-7-8-21-12(11-17)10-16-13(18)9-15(14(19)20)5-3-4-6-15/h12H,2-11H2,1H3,(H,16,18)(H,19,20). The molecule has 1 heterocycles. The van der Waals surface area contributed by atoms with Gasteiger partial charge in [-0.15, -0.1) is 0 Å². The molecular weight excluding hydrogens is 272 g/mol. The Morgan fingerprint density at radius 3 is 2.71 bits per heavy atom. The molecule has 6 nitrogen and oxygen atoms in total. The van der Waals surface area contributed by atoms with Gasteiger partial charge in [-0.2, -0.15) is 0 Å². The minimum absolute atomic E-state index is 0.00649. The summed E-state index contributed by atoms with van der Waals surface area (Å²) in [6.07, 6.45) is 3.12. The number of aliphatic carboxylic acids is 1. The summed E-state index contributed by atoms with van der Waals surface area (Å²) in [6, 6.07) is 0. The van der Waals surface area contributed by atoms with Crippen molar-refractivity contribution in [1.29, 1.82) is 0 Å². The molecule has 21 heavy (non-hydrogen) atoms. The molecule has 2 rings (SSSR count). The molecule has 0 bridgehead atoms. The maximum atomic E-state index is 12.1. The maximum Gasteiger partial charge on any atom is 0.310 e. The van der Waals surface area contributed by atoms with Crippen molar-refractivity contribution in [1.82, 2.24) is 10.2 Å². The monoisotopic (exact) mass is 298 g/mol. The van der Waals surface area contributed by atoms with Gasteiger partial charge in [-0.05, 0) is 19.4 Å². The van der Waals surface area contributed by atoms with Crippen LogP contribution in [-0.2, 0) is 14.3 Å². The van der Waals surface area contributed by atoms with Crippen molar-refractivity contribution in [2.24, 2.45) is 5.41 Å². The molecule has 2 aliphatic rings. The first-order valence-electron chi connectivity index (χ1n) is 7.90. The molecule has 2 N–H and O–H groups in total. The highest BCUT2D eigenvalue weighted by Crippen LogP contribution is 2.41. The summed E-state index contributed by atoms with van der Waals surface area (Å²) in [5, 5.41) is 12.2. The van der Waals surface area contributed by atoms with Crippen molar-refractivity contribution in [2.75, 3.05) is 32.8 Å². The molecule has 0 spiro atoms. The molecule has 1 saturated heterocycles. The van der Waals surface area contributed by atoms with E-state index in [0.29, 0.717) is 26.0 Å². The third-order valence-electron chi connectivity index (χ3n) is 4.71. The number of carbonyl (C=O) groups excluding carboxylic acids is 1. The van der Waals surface area contributed by atoms with Gasteiger partial charge in [0.1, 0.15) is 0 Å². The van der Waals surface area contributed by atoms with Gasteiger partial charge in [-0.25, -0.2) is 0 Å². The molecule has 6 heteroatoms. The minimum Gasteiger partial charge on any atom is -0.481 e. The van der Waals surface area contributed by atoms with Crippen LogP contribution in [0.5, 0.6) is 0 Å². The Bertz CT molecular complexity index is 380. The lowest BCUT2D eigenvalue weighted by Gasteiger charge is -2.32. The van der Waals surface area contributed by atoms with Crippen LogP contribution in [0.2, 0.25) is 0 Å². The van der Waals surface area contributed by atoms with Crippen LogP contribution >= 0.6 is 0 Å². The van der Waals surface area contributed by atoms with Crippen LogP contribution in [-0.4, -0.2) is 60.8 Å². The molecule has 0 aromatic heterocycles. The molecule has 1 atom stereocenters. The van der Waals surface area contributed by atoms with Gasteiger partial charge in [0.05, 0.1) is 18.1 Å². The topological polar surface area (TPSA) is 78.9 Å². The van der Waals surface area contributed by atoms with Crippen molar-refractivity contribution in [3.05, 3.63) is 0 Å². The Morgan fingerprint density at radius 1 is 1.38 bits per heavy atom. The van der Waals surface area contributed by atoms with Crippen molar-refractivity contribution < 1.29 is 19.4 Å². The van der Waals surface area contributed by atoms with Crippen LogP contribution in [0.25, 0.3) is 0 Å². The van der Waals surface area contributed by atoms with Crippen LogP contribution in [0.1, 0.15) is 39.0 Å². The van der Waals surface area contributed by atoms with Gasteiger partial charge in [0, 0.05) is 26.1 Å². The van der Waals surface area contributed by atoms with E-state index < -0.39 is 11.4 Å².